The third kappa shape index (κ3) is 3.39. The van der Waals surface area contributed by atoms with Crippen LogP contribution in [0.25, 0.3) is 6.08 Å². The molecule has 0 aromatic heterocycles. The van der Waals surface area contributed by atoms with Gasteiger partial charge in [-0.05, 0) is 54.5 Å². The molecule has 0 unspecified atom stereocenters. The number of ether oxygens (including phenoxy) is 2. The van der Waals surface area contributed by atoms with Gasteiger partial charge < -0.3 is 19.7 Å². The molecule has 2 aliphatic heterocycles. The first-order valence-corrected chi connectivity index (χ1v) is 8.48. The Labute approximate surface area is 151 Å². The fourth-order valence-electron chi connectivity index (χ4n) is 3.02. The molecular formula is C20H18N2O4. The van der Waals surface area contributed by atoms with Gasteiger partial charge in [-0.25, -0.2) is 0 Å². The maximum atomic E-state index is 12.1. The average Bonchev–Trinajstić information content (AvgIpc) is 3.29. The minimum Gasteiger partial charge on any atom is -0.454 e. The lowest BCUT2D eigenvalue weighted by atomic mass is 10.2. The first-order valence-electron chi connectivity index (χ1n) is 8.48. The molecule has 0 bridgehead atoms. The highest BCUT2D eigenvalue weighted by atomic mass is 16.7. The van der Waals surface area contributed by atoms with Gasteiger partial charge in [-0.2, -0.15) is 0 Å². The smallest absolute Gasteiger partial charge is 0.248 e. The van der Waals surface area contributed by atoms with E-state index in [1.165, 1.54) is 6.08 Å². The van der Waals surface area contributed by atoms with Crippen LogP contribution < -0.4 is 19.7 Å². The second-order valence-electron chi connectivity index (χ2n) is 6.13. The van der Waals surface area contributed by atoms with E-state index in [0.29, 0.717) is 23.6 Å². The summed E-state index contributed by atoms with van der Waals surface area (Å²) < 4.78 is 10.6. The highest BCUT2D eigenvalue weighted by Crippen LogP contribution is 2.32. The minimum atomic E-state index is -0.229. The Balaban J connectivity index is 1.38. The molecule has 2 aromatic rings. The van der Waals surface area contributed by atoms with Crippen LogP contribution >= 0.6 is 0 Å². The van der Waals surface area contributed by atoms with Crippen molar-refractivity contribution < 1.29 is 19.1 Å². The van der Waals surface area contributed by atoms with Crippen molar-refractivity contribution in [2.75, 3.05) is 23.6 Å². The summed E-state index contributed by atoms with van der Waals surface area (Å²) in [6.07, 6.45) is 4.68. The van der Waals surface area contributed by atoms with E-state index in [2.05, 4.69) is 5.32 Å². The molecule has 0 radical (unpaired) electrons. The molecule has 2 aromatic carbocycles. The largest absolute Gasteiger partial charge is 0.454 e. The maximum Gasteiger partial charge on any atom is 0.248 e. The quantitative estimate of drug-likeness (QED) is 0.860. The summed E-state index contributed by atoms with van der Waals surface area (Å²) in [6.45, 7) is 0.977. The molecule has 4 rings (SSSR count). The van der Waals surface area contributed by atoms with E-state index in [1.807, 2.05) is 30.3 Å². The first-order chi connectivity index (χ1) is 12.7. The molecule has 132 valence electrons. The van der Waals surface area contributed by atoms with Gasteiger partial charge in [0.1, 0.15) is 0 Å². The van der Waals surface area contributed by atoms with Crippen molar-refractivity contribution in [2.45, 2.75) is 12.8 Å². The molecule has 6 heteroatoms. The highest BCUT2D eigenvalue weighted by Gasteiger charge is 2.21. The molecular weight excluding hydrogens is 332 g/mol. The number of nitrogens with one attached hydrogen (secondary N) is 1. The molecule has 0 aliphatic carbocycles. The van der Waals surface area contributed by atoms with Crippen LogP contribution in [0.3, 0.4) is 0 Å². The number of carbonyl (C=O) groups excluding carboxylic acids is 2. The molecule has 1 fully saturated rings. The zero-order valence-electron chi connectivity index (χ0n) is 14.1. The van der Waals surface area contributed by atoms with Crippen molar-refractivity contribution in [2.24, 2.45) is 0 Å². The molecule has 26 heavy (non-hydrogen) atoms. The monoisotopic (exact) mass is 350 g/mol. The van der Waals surface area contributed by atoms with Crippen LogP contribution in [0.1, 0.15) is 18.4 Å². The van der Waals surface area contributed by atoms with Crippen molar-refractivity contribution in [3.05, 3.63) is 54.1 Å². The van der Waals surface area contributed by atoms with Crippen molar-refractivity contribution in [3.8, 4) is 11.5 Å². The van der Waals surface area contributed by atoms with Gasteiger partial charge in [0.25, 0.3) is 0 Å². The second-order valence-corrected chi connectivity index (χ2v) is 6.13. The second kappa shape index (κ2) is 6.92. The lowest BCUT2D eigenvalue weighted by Crippen LogP contribution is -2.23. The number of rotatable bonds is 4. The molecule has 1 saturated heterocycles. The molecule has 2 aliphatic rings. The van der Waals surface area contributed by atoms with Gasteiger partial charge in [-0.3, -0.25) is 9.59 Å². The van der Waals surface area contributed by atoms with E-state index >= 15 is 0 Å². The van der Waals surface area contributed by atoms with Crippen LogP contribution in [-0.4, -0.2) is 25.2 Å². The summed E-state index contributed by atoms with van der Waals surface area (Å²) >= 11 is 0. The van der Waals surface area contributed by atoms with E-state index in [-0.39, 0.29) is 18.6 Å². The predicted octanol–water partition coefficient (Wildman–Crippen LogP) is 3.19. The Morgan fingerprint density at radius 3 is 2.65 bits per heavy atom. The molecule has 0 spiro atoms. The lowest BCUT2D eigenvalue weighted by molar-refractivity contribution is -0.117. The van der Waals surface area contributed by atoms with Crippen LogP contribution in [-0.2, 0) is 9.59 Å². The number of amides is 2. The molecule has 0 saturated carbocycles. The van der Waals surface area contributed by atoms with Crippen LogP contribution in [0.4, 0.5) is 11.4 Å². The van der Waals surface area contributed by atoms with E-state index in [9.17, 15) is 9.59 Å². The summed E-state index contributed by atoms with van der Waals surface area (Å²) in [7, 11) is 0. The van der Waals surface area contributed by atoms with Crippen LogP contribution in [0.15, 0.2) is 48.5 Å². The standard InChI is InChI=1S/C20H18N2O4/c23-19(10-4-14-3-9-17-18(12-14)26-13-25-17)21-15-5-7-16(8-6-15)22-11-1-2-20(22)24/h3-10,12H,1-2,11,13H2,(H,21,23)/b10-4+. The van der Waals surface area contributed by atoms with Crippen LogP contribution in [0.2, 0.25) is 0 Å². The van der Waals surface area contributed by atoms with E-state index in [4.69, 9.17) is 9.47 Å². The first kappa shape index (κ1) is 16.2. The fourth-order valence-corrected chi connectivity index (χ4v) is 3.02. The van der Waals surface area contributed by atoms with E-state index < -0.39 is 0 Å². The van der Waals surface area contributed by atoms with Crippen molar-refractivity contribution in [1.82, 2.24) is 0 Å². The van der Waals surface area contributed by atoms with Gasteiger partial charge in [0.15, 0.2) is 11.5 Å². The Hall–Kier alpha value is -3.28. The van der Waals surface area contributed by atoms with Gasteiger partial charge in [0.2, 0.25) is 18.6 Å². The number of benzene rings is 2. The number of hydrogen-bond donors (Lipinski definition) is 1. The minimum absolute atomic E-state index is 0.147. The Bertz CT molecular complexity index is 874. The van der Waals surface area contributed by atoms with Gasteiger partial charge in [0.05, 0.1) is 0 Å². The zero-order valence-corrected chi connectivity index (χ0v) is 14.1. The zero-order chi connectivity index (χ0) is 17.9. The number of fused-ring (bicyclic) bond motifs is 1. The molecule has 1 N–H and O–H groups in total. The summed E-state index contributed by atoms with van der Waals surface area (Å²) in [4.78, 5) is 25.6. The van der Waals surface area contributed by atoms with Gasteiger partial charge in [0, 0.05) is 30.4 Å². The van der Waals surface area contributed by atoms with Crippen molar-refractivity contribution in [1.29, 1.82) is 0 Å². The number of nitrogens with zero attached hydrogens (tertiary/aromatic N) is 1. The molecule has 0 atom stereocenters. The molecule has 2 heterocycles. The van der Waals surface area contributed by atoms with E-state index in [0.717, 1.165) is 24.2 Å². The Morgan fingerprint density at radius 2 is 1.88 bits per heavy atom. The van der Waals surface area contributed by atoms with Crippen LogP contribution in [0.5, 0.6) is 11.5 Å². The normalized spacial score (nSPS) is 15.7. The Morgan fingerprint density at radius 1 is 1.08 bits per heavy atom. The van der Waals surface area contributed by atoms with Crippen molar-refractivity contribution >= 4 is 29.3 Å². The van der Waals surface area contributed by atoms with Gasteiger partial charge in [-0.1, -0.05) is 6.07 Å². The molecule has 6 nitrogen and oxygen atoms in total. The summed E-state index contributed by atoms with van der Waals surface area (Å²) in [5, 5.41) is 2.81. The summed E-state index contributed by atoms with van der Waals surface area (Å²) in [5.74, 6) is 1.31. The average molecular weight is 350 g/mol. The summed E-state index contributed by atoms with van der Waals surface area (Å²) in [5.41, 5.74) is 2.40. The Kier molecular flexibility index (Phi) is 4.31. The third-order valence-electron chi connectivity index (χ3n) is 4.34. The number of carbonyl (C=O) groups is 2. The summed E-state index contributed by atoms with van der Waals surface area (Å²) in [6, 6.07) is 12.8. The SMILES string of the molecule is O=C(/C=C/c1ccc2c(c1)OCO2)Nc1ccc(N2CCCC2=O)cc1. The number of hydrogen-bond acceptors (Lipinski definition) is 4. The predicted molar refractivity (Wildman–Crippen MR) is 98.3 cm³/mol. The number of anilines is 2. The third-order valence-corrected chi connectivity index (χ3v) is 4.34. The highest BCUT2D eigenvalue weighted by molar-refractivity contribution is 6.02. The topological polar surface area (TPSA) is 67.9 Å². The van der Waals surface area contributed by atoms with Crippen LogP contribution in [0, 0.1) is 0 Å². The maximum absolute atomic E-state index is 12.1. The van der Waals surface area contributed by atoms with Crippen molar-refractivity contribution in [3.63, 3.8) is 0 Å². The molecule has 2 amide bonds. The lowest BCUT2D eigenvalue weighted by Gasteiger charge is -2.15. The van der Waals surface area contributed by atoms with Gasteiger partial charge >= 0.3 is 0 Å². The van der Waals surface area contributed by atoms with Gasteiger partial charge in [-0.15, -0.1) is 0 Å². The fraction of sp³-hybridized carbons (Fsp3) is 0.200. The van der Waals surface area contributed by atoms with E-state index in [1.54, 1.807) is 23.1 Å².